The topological polar surface area (TPSA) is 84.2 Å². The van der Waals surface area contributed by atoms with Gasteiger partial charge in [0.1, 0.15) is 5.82 Å². The first-order valence-corrected chi connectivity index (χ1v) is 5.69. The highest BCUT2D eigenvalue weighted by Gasteiger charge is 2.23. The van der Waals surface area contributed by atoms with E-state index in [1.807, 2.05) is 0 Å². The fraction of sp³-hybridized carbons (Fsp3) is 0.333. The lowest BCUT2D eigenvalue weighted by atomic mass is 10.2. The van der Waals surface area contributed by atoms with Crippen molar-refractivity contribution in [1.82, 2.24) is 10.6 Å². The molecule has 6 heteroatoms. The lowest BCUT2D eigenvalue weighted by Gasteiger charge is -2.06. The first-order valence-electron chi connectivity index (χ1n) is 5.69. The number of carbonyl (C=O) groups excluding carboxylic acids is 2. The minimum Gasteiger partial charge on any atom is -0.396 e. The Morgan fingerprint density at radius 2 is 2.11 bits per heavy atom. The molecule has 96 valence electrons. The summed E-state index contributed by atoms with van der Waals surface area (Å²) in [6.07, 6.45) is 1.99. The van der Waals surface area contributed by atoms with Gasteiger partial charge in [-0.3, -0.25) is 9.59 Å². The largest absolute Gasteiger partial charge is 0.396 e. The Hall–Kier alpha value is -2.11. The number of nitrogens with two attached hydrogens (primary N) is 1. The van der Waals surface area contributed by atoms with E-state index in [0.717, 1.165) is 18.9 Å². The zero-order chi connectivity index (χ0) is 13.1. The van der Waals surface area contributed by atoms with Crippen LogP contribution in [0.2, 0.25) is 0 Å². The number of benzene rings is 1. The second kappa shape index (κ2) is 5.03. The maximum absolute atomic E-state index is 12.9. The van der Waals surface area contributed by atoms with Crippen molar-refractivity contribution in [2.75, 3.05) is 12.3 Å². The van der Waals surface area contributed by atoms with Crippen molar-refractivity contribution in [1.29, 1.82) is 0 Å². The van der Waals surface area contributed by atoms with Crippen molar-refractivity contribution in [2.45, 2.75) is 18.9 Å². The third-order valence-electron chi connectivity index (χ3n) is 2.61. The van der Waals surface area contributed by atoms with Gasteiger partial charge >= 0.3 is 0 Å². The molecule has 1 aromatic rings. The Bertz CT molecular complexity index is 486. The molecule has 0 radical (unpaired) electrons. The maximum atomic E-state index is 12.9. The highest BCUT2D eigenvalue weighted by Crippen LogP contribution is 2.18. The monoisotopic (exact) mass is 251 g/mol. The van der Waals surface area contributed by atoms with Crippen molar-refractivity contribution in [3.05, 3.63) is 29.6 Å². The Morgan fingerprint density at radius 1 is 1.39 bits per heavy atom. The molecule has 1 saturated carbocycles. The van der Waals surface area contributed by atoms with Gasteiger partial charge in [-0.05, 0) is 31.0 Å². The van der Waals surface area contributed by atoms with Gasteiger partial charge < -0.3 is 16.4 Å². The van der Waals surface area contributed by atoms with Crippen molar-refractivity contribution >= 4 is 17.5 Å². The van der Waals surface area contributed by atoms with E-state index in [0.29, 0.717) is 0 Å². The number of carbonyl (C=O) groups is 2. The van der Waals surface area contributed by atoms with Crippen molar-refractivity contribution in [3.63, 3.8) is 0 Å². The predicted molar refractivity (Wildman–Crippen MR) is 64.3 cm³/mol. The Labute approximate surface area is 104 Å². The van der Waals surface area contributed by atoms with Crippen LogP contribution in [0.1, 0.15) is 23.2 Å². The number of hydrogen-bond acceptors (Lipinski definition) is 3. The highest BCUT2D eigenvalue weighted by atomic mass is 19.1. The van der Waals surface area contributed by atoms with Crippen molar-refractivity contribution in [2.24, 2.45) is 0 Å². The summed E-state index contributed by atoms with van der Waals surface area (Å²) in [7, 11) is 0. The quantitative estimate of drug-likeness (QED) is 0.678. The molecule has 18 heavy (non-hydrogen) atoms. The molecule has 2 amide bonds. The van der Waals surface area contributed by atoms with E-state index in [-0.39, 0.29) is 29.7 Å². The summed E-state index contributed by atoms with van der Waals surface area (Å²) in [6, 6.07) is 3.94. The van der Waals surface area contributed by atoms with Gasteiger partial charge in [-0.25, -0.2) is 4.39 Å². The van der Waals surface area contributed by atoms with E-state index in [1.165, 1.54) is 12.1 Å². The van der Waals surface area contributed by atoms with Crippen LogP contribution in [0.15, 0.2) is 18.2 Å². The third-order valence-corrected chi connectivity index (χ3v) is 2.61. The summed E-state index contributed by atoms with van der Waals surface area (Å²) < 4.78 is 12.9. The van der Waals surface area contributed by atoms with Crippen LogP contribution in [0, 0.1) is 5.82 Å². The Balaban J connectivity index is 1.86. The second-order valence-electron chi connectivity index (χ2n) is 4.26. The van der Waals surface area contributed by atoms with Gasteiger partial charge in [0.15, 0.2) is 0 Å². The van der Waals surface area contributed by atoms with Gasteiger partial charge in [0.2, 0.25) is 5.91 Å². The molecule has 0 atom stereocenters. The molecular weight excluding hydrogens is 237 g/mol. The van der Waals surface area contributed by atoms with E-state index < -0.39 is 11.7 Å². The van der Waals surface area contributed by atoms with Gasteiger partial charge in [0, 0.05) is 11.6 Å². The van der Waals surface area contributed by atoms with E-state index in [1.54, 1.807) is 0 Å². The van der Waals surface area contributed by atoms with Crippen molar-refractivity contribution < 1.29 is 14.0 Å². The molecule has 0 heterocycles. The van der Waals surface area contributed by atoms with Gasteiger partial charge in [-0.2, -0.15) is 0 Å². The van der Waals surface area contributed by atoms with Crippen LogP contribution in [0.5, 0.6) is 0 Å². The van der Waals surface area contributed by atoms with Crippen molar-refractivity contribution in [3.8, 4) is 0 Å². The highest BCUT2D eigenvalue weighted by molar-refractivity contribution is 5.97. The lowest BCUT2D eigenvalue weighted by molar-refractivity contribution is -0.120. The van der Waals surface area contributed by atoms with Gasteiger partial charge in [0.25, 0.3) is 5.91 Å². The zero-order valence-electron chi connectivity index (χ0n) is 9.70. The summed E-state index contributed by atoms with van der Waals surface area (Å²) in [6.45, 7) is -0.0907. The fourth-order valence-corrected chi connectivity index (χ4v) is 1.45. The van der Waals surface area contributed by atoms with Crippen LogP contribution < -0.4 is 16.4 Å². The lowest BCUT2D eigenvalue weighted by Crippen LogP contribution is -2.37. The average Bonchev–Trinajstić information content (AvgIpc) is 3.13. The summed E-state index contributed by atoms with van der Waals surface area (Å²) in [5.41, 5.74) is 5.49. The molecule has 1 aromatic carbocycles. The minimum atomic E-state index is -0.571. The molecule has 0 unspecified atom stereocenters. The summed E-state index contributed by atoms with van der Waals surface area (Å²) in [4.78, 5) is 23.0. The van der Waals surface area contributed by atoms with Crippen LogP contribution in [0.25, 0.3) is 0 Å². The molecule has 4 N–H and O–H groups in total. The van der Waals surface area contributed by atoms with Crippen LogP contribution in [0.4, 0.5) is 10.1 Å². The van der Waals surface area contributed by atoms with E-state index in [9.17, 15) is 14.0 Å². The van der Waals surface area contributed by atoms with Crippen LogP contribution in [0.3, 0.4) is 0 Å². The molecule has 1 aliphatic rings. The number of halogens is 1. The number of nitrogen functional groups attached to an aromatic ring is 1. The number of hydrogen-bond donors (Lipinski definition) is 3. The summed E-state index contributed by atoms with van der Waals surface area (Å²) >= 11 is 0. The smallest absolute Gasteiger partial charge is 0.251 e. The van der Waals surface area contributed by atoms with E-state index in [2.05, 4.69) is 10.6 Å². The molecule has 0 saturated heterocycles. The first-order chi connectivity index (χ1) is 8.56. The predicted octanol–water partition coefficient (Wildman–Crippen LogP) is 0.416. The SMILES string of the molecule is Nc1cc(C(=O)NCC(=O)NC2CC2)ccc1F. The molecule has 2 rings (SSSR count). The number of rotatable bonds is 4. The van der Waals surface area contributed by atoms with Gasteiger partial charge in [-0.1, -0.05) is 0 Å². The number of anilines is 1. The molecule has 1 aliphatic carbocycles. The molecule has 0 bridgehead atoms. The average molecular weight is 251 g/mol. The molecule has 0 spiro atoms. The van der Waals surface area contributed by atoms with Gasteiger partial charge in [0.05, 0.1) is 12.2 Å². The molecule has 0 aromatic heterocycles. The first kappa shape index (κ1) is 12.3. The zero-order valence-corrected chi connectivity index (χ0v) is 9.70. The fourth-order valence-electron chi connectivity index (χ4n) is 1.45. The number of amides is 2. The van der Waals surface area contributed by atoms with Gasteiger partial charge in [-0.15, -0.1) is 0 Å². The third kappa shape index (κ3) is 3.19. The Morgan fingerprint density at radius 3 is 2.72 bits per heavy atom. The second-order valence-corrected chi connectivity index (χ2v) is 4.26. The van der Waals surface area contributed by atoms with Crippen LogP contribution >= 0.6 is 0 Å². The molecular formula is C12H14FN3O2. The van der Waals surface area contributed by atoms with E-state index in [4.69, 9.17) is 5.73 Å². The molecule has 5 nitrogen and oxygen atoms in total. The minimum absolute atomic E-state index is 0.0907. The summed E-state index contributed by atoms with van der Waals surface area (Å²) in [5.74, 6) is -1.24. The van der Waals surface area contributed by atoms with Crippen LogP contribution in [-0.4, -0.2) is 24.4 Å². The Kier molecular flexibility index (Phi) is 3.45. The standard InChI is InChI=1S/C12H14FN3O2/c13-9-4-1-7(5-10(9)14)12(18)15-6-11(17)16-8-2-3-8/h1,4-5,8H,2-3,6,14H2,(H,15,18)(H,16,17). The van der Waals surface area contributed by atoms with E-state index >= 15 is 0 Å². The normalized spacial score (nSPS) is 14.1. The molecule has 0 aliphatic heterocycles. The maximum Gasteiger partial charge on any atom is 0.251 e. The summed E-state index contributed by atoms with van der Waals surface area (Å²) in [5, 5.41) is 5.19. The van der Waals surface area contributed by atoms with Crippen LogP contribution in [-0.2, 0) is 4.79 Å². The number of nitrogens with one attached hydrogen (secondary N) is 2. The molecule has 1 fully saturated rings.